The summed E-state index contributed by atoms with van der Waals surface area (Å²) in [5.41, 5.74) is 0.487. The minimum Gasteiger partial charge on any atom is -0.373 e. The molecular weight excluding hydrogens is 250 g/mol. The summed E-state index contributed by atoms with van der Waals surface area (Å²) < 4.78 is 0. The summed E-state index contributed by atoms with van der Waals surface area (Å²) in [7, 11) is 3.56. The standard InChI is InChI=1S/C13H20ClN3O/c1-5-6-9(2)17(4)13(18)10-7-12(15-3)16-8-11(10)14/h7-9H,5-6H2,1-4H3,(H,15,16). The second kappa shape index (κ2) is 6.59. The number of halogens is 1. The molecule has 0 aromatic carbocycles. The summed E-state index contributed by atoms with van der Waals surface area (Å²) in [4.78, 5) is 18.1. The molecule has 1 rings (SSSR count). The highest BCUT2D eigenvalue weighted by Crippen LogP contribution is 2.20. The molecule has 0 saturated heterocycles. The van der Waals surface area contributed by atoms with Crippen molar-refractivity contribution in [2.24, 2.45) is 0 Å². The van der Waals surface area contributed by atoms with Crippen molar-refractivity contribution in [1.82, 2.24) is 9.88 Å². The third-order valence-electron chi connectivity index (χ3n) is 3.03. The minimum atomic E-state index is -0.0696. The zero-order chi connectivity index (χ0) is 13.7. The van der Waals surface area contributed by atoms with Crippen LogP contribution < -0.4 is 5.32 Å². The van der Waals surface area contributed by atoms with Gasteiger partial charge in [-0.3, -0.25) is 4.79 Å². The molecule has 0 fully saturated rings. The molecule has 0 aliphatic rings. The van der Waals surface area contributed by atoms with Gasteiger partial charge in [0, 0.05) is 26.3 Å². The number of anilines is 1. The number of aromatic nitrogens is 1. The van der Waals surface area contributed by atoms with E-state index >= 15 is 0 Å². The third kappa shape index (κ3) is 3.35. The van der Waals surface area contributed by atoms with Gasteiger partial charge in [0.05, 0.1) is 10.6 Å². The van der Waals surface area contributed by atoms with Crippen LogP contribution in [0.5, 0.6) is 0 Å². The zero-order valence-corrected chi connectivity index (χ0v) is 12.1. The maximum Gasteiger partial charge on any atom is 0.255 e. The van der Waals surface area contributed by atoms with E-state index in [1.54, 1.807) is 25.1 Å². The van der Waals surface area contributed by atoms with Crippen LogP contribution in [-0.4, -0.2) is 35.9 Å². The Morgan fingerprint density at radius 3 is 2.83 bits per heavy atom. The first-order valence-corrected chi connectivity index (χ1v) is 6.49. The van der Waals surface area contributed by atoms with Crippen molar-refractivity contribution in [3.63, 3.8) is 0 Å². The van der Waals surface area contributed by atoms with Gasteiger partial charge in [-0.2, -0.15) is 0 Å². The predicted octanol–water partition coefficient (Wildman–Crippen LogP) is 3.04. The van der Waals surface area contributed by atoms with Gasteiger partial charge in [-0.05, 0) is 19.4 Å². The number of nitrogens with zero attached hydrogens (tertiary/aromatic N) is 2. The number of hydrogen-bond acceptors (Lipinski definition) is 3. The molecule has 0 saturated carbocycles. The van der Waals surface area contributed by atoms with Gasteiger partial charge >= 0.3 is 0 Å². The fourth-order valence-corrected chi connectivity index (χ4v) is 1.93. The molecule has 0 aliphatic carbocycles. The van der Waals surface area contributed by atoms with Gasteiger partial charge in [0.15, 0.2) is 0 Å². The third-order valence-corrected chi connectivity index (χ3v) is 3.33. The number of pyridine rings is 1. The Morgan fingerprint density at radius 1 is 1.61 bits per heavy atom. The molecule has 1 atom stereocenters. The topological polar surface area (TPSA) is 45.2 Å². The lowest BCUT2D eigenvalue weighted by molar-refractivity contribution is 0.0737. The number of amides is 1. The number of carbonyl (C=O) groups excluding carboxylic acids is 1. The maximum absolute atomic E-state index is 12.3. The van der Waals surface area contributed by atoms with Crippen molar-refractivity contribution < 1.29 is 4.79 Å². The Hall–Kier alpha value is -1.29. The van der Waals surface area contributed by atoms with E-state index in [9.17, 15) is 4.79 Å². The summed E-state index contributed by atoms with van der Waals surface area (Å²) in [5.74, 6) is 0.569. The maximum atomic E-state index is 12.3. The van der Waals surface area contributed by atoms with E-state index < -0.39 is 0 Å². The molecule has 0 radical (unpaired) electrons. The summed E-state index contributed by atoms with van der Waals surface area (Å²) in [6.45, 7) is 4.14. The van der Waals surface area contributed by atoms with Crippen molar-refractivity contribution in [3.8, 4) is 0 Å². The number of rotatable bonds is 5. The van der Waals surface area contributed by atoms with Crippen molar-refractivity contribution in [2.45, 2.75) is 32.7 Å². The predicted molar refractivity (Wildman–Crippen MR) is 75.3 cm³/mol. The van der Waals surface area contributed by atoms with E-state index in [0.717, 1.165) is 12.8 Å². The summed E-state index contributed by atoms with van der Waals surface area (Å²) in [6.07, 6.45) is 3.52. The largest absolute Gasteiger partial charge is 0.373 e. The highest BCUT2D eigenvalue weighted by atomic mass is 35.5. The molecule has 1 aromatic rings. The van der Waals surface area contributed by atoms with Gasteiger partial charge in [-0.15, -0.1) is 0 Å². The van der Waals surface area contributed by atoms with E-state index in [1.807, 2.05) is 6.92 Å². The average Bonchev–Trinajstić information content (AvgIpc) is 2.38. The molecular formula is C13H20ClN3O. The second-order valence-corrected chi connectivity index (χ2v) is 4.76. The molecule has 1 N–H and O–H groups in total. The fourth-order valence-electron chi connectivity index (χ4n) is 1.74. The molecule has 0 bridgehead atoms. The molecule has 4 nitrogen and oxygen atoms in total. The number of hydrogen-bond donors (Lipinski definition) is 1. The normalized spacial score (nSPS) is 12.1. The first-order valence-electron chi connectivity index (χ1n) is 6.11. The number of carbonyl (C=O) groups is 1. The quantitative estimate of drug-likeness (QED) is 0.894. The van der Waals surface area contributed by atoms with Crippen molar-refractivity contribution in [3.05, 3.63) is 22.8 Å². The molecule has 0 aliphatic heterocycles. The van der Waals surface area contributed by atoms with E-state index in [0.29, 0.717) is 16.4 Å². The first-order chi connectivity index (χ1) is 8.51. The lowest BCUT2D eigenvalue weighted by Crippen LogP contribution is -2.35. The average molecular weight is 270 g/mol. The lowest BCUT2D eigenvalue weighted by Gasteiger charge is -2.25. The van der Waals surface area contributed by atoms with Gasteiger partial charge in [0.25, 0.3) is 5.91 Å². The Labute approximate surface area is 113 Å². The summed E-state index contributed by atoms with van der Waals surface area (Å²) in [5, 5.41) is 3.29. The lowest BCUT2D eigenvalue weighted by atomic mass is 10.1. The Bertz CT molecular complexity index is 423. The van der Waals surface area contributed by atoms with E-state index in [1.165, 1.54) is 6.20 Å². The van der Waals surface area contributed by atoms with E-state index in [-0.39, 0.29) is 11.9 Å². The highest BCUT2D eigenvalue weighted by molar-refractivity contribution is 6.33. The summed E-state index contributed by atoms with van der Waals surface area (Å²) in [6, 6.07) is 1.88. The monoisotopic (exact) mass is 269 g/mol. The molecule has 100 valence electrons. The molecule has 1 aromatic heterocycles. The van der Waals surface area contributed by atoms with Crippen LogP contribution in [0.1, 0.15) is 37.0 Å². The van der Waals surface area contributed by atoms with Gasteiger partial charge in [-0.1, -0.05) is 24.9 Å². The van der Waals surface area contributed by atoms with E-state index in [4.69, 9.17) is 11.6 Å². The Balaban J connectivity index is 2.95. The van der Waals surface area contributed by atoms with Crippen molar-refractivity contribution in [1.29, 1.82) is 0 Å². The van der Waals surface area contributed by atoms with Gasteiger partial charge in [-0.25, -0.2) is 4.98 Å². The molecule has 1 amide bonds. The van der Waals surface area contributed by atoms with Gasteiger partial charge in [0.2, 0.25) is 0 Å². The molecule has 1 unspecified atom stereocenters. The van der Waals surface area contributed by atoms with Gasteiger partial charge in [0.1, 0.15) is 5.82 Å². The molecule has 18 heavy (non-hydrogen) atoms. The van der Waals surface area contributed by atoms with Crippen LogP contribution in [0.2, 0.25) is 5.02 Å². The zero-order valence-electron chi connectivity index (χ0n) is 11.3. The van der Waals surface area contributed by atoms with Crippen LogP contribution in [0.15, 0.2) is 12.3 Å². The Kier molecular flexibility index (Phi) is 5.41. The van der Waals surface area contributed by atoms with Crippen LogP contribution in [0, 0.1) is 0 Å². The van der Waals surface area contributed by atoms with Crippen LogP contribution in [0.4, 0.5) is 5.82 Å². The van der Waals surface area contributed by atoms with Crippen LogP contribution in [0.3, 0.4) is 0 Å². The summed E-state index contributed by atoms with van der Waals surface area (Å²) >= 11 is 6.04. The minimum absolute atomic E-state index is 0.0696. The first kappa shape index (κ1) is 14.8. The van der Waals surface area contributed by atoms with Crippen LogP contribution in [0.25, 0.3) is 0 Å². The van der Waals surface area contributed by atoms with Crippen molar-refractivity contribution in [2.75, 3.05) is 19.4 Å². The smallest absolute Gasteiger partial charge is 0.255 e. The van der Waals surface area contributed by atoms with Crippen molar-refractivity contribution >= 4 is 23.3 Å². The second-order valence-electron chi connectivity index (χ2n) is 4.35. The number of nitrogens with one attached hydrogen (secondary N) is 1. The SMILES string of the molecule is CCCC(C)N(C)C(=O)c1cc(NC)ncc1Cl. The van der Waals surface area contributed by atoms with Gasteiger partial charge < -0.3 is 10.2 Å². The van der Waals surface area contributed by atoms with Crippen LogP contribution in [-0.2, 0) is 0 Å². The molecule has 1 heterocycles. The fraction of sp³-hybridized carbons (Fsp3) is 0.538. The van der Waals surface area contributed by atoms with Crippen LogP contribution >= 0.6 is 11.6 Å². The molecule has 0 spiro atoms. The Morgan fingerprint density at radius 2 is 2.28 bits per heavy atom. The molecule has 5 heteroatoms. The van der Waals surface area contributed by atoms with E-state index in [2.05, 4.69) is 17.2 Å². The highest BCUT2D eigenvalue weighted by Gasteiger charge is 2.19.